The molecule has 1 atom stereocenters. The summed E-state index contributed by atoms with van der Waals surface area (Å²) < 4.78 is 16.0. The normalized spacial score (nSPS) is 12.6. The Morgan fingerprint density at radius 1 is 1.38 bits per heavy atom. The molecule has 1 N–H and O–H groups in total. The molecule has 1 heterocycles. The predicted octanol–water partition coefficient (Wildman–Crippen LogP) is 3.98. The molecule has 0 aliphatic carbocycles. The van der Waals surface area contributed by atoms with E-state index in [-0.39, 0.29) is 11.9 Å². The standard InChI is InChI=1S/C16H21ClFN3/c1-3-8-19-15(9-12-10-20-21(4-2)11-12)16-13(17)6-5-7-14(16)18/h5-7,10-11,15,19H,3-4,8-9H2,1-2H3. The quantitative estimate of drug-likeness (QED) is 0.838. The minimum atomic E-state index is -0.265. The molecule has 0 spiro atoms. The molecule has 1 aromatic carbocycles. The van der Waals surface area contributed by atoms with Gasteiger partial charge in [-0.2, -0.15) is 5.10 Å². The third-order valence-electron chi connectivity index (χ3n) is 3.44. The summed E-state index contributed by atoms with van der Waals surface area (Å²) in [5, 5.41) is 8.11. The lowest BCUT2D eigenvalue weighted by Crippen LogP contribution is -2.25. The van der Waals surface area contributed by atoms with Crippen LogP contribution in [0.5, 0.6) is 0 Å². The Morgan fingerprint density at radius 3 is 2.81 bits per heavy atom. The van der Waals surface area contributed by atoms with E-state index < -0.39 is 0 Å². The van der Waals surface area contributed by atoms with Crippen LogP contribution in [0.3, 0.4) is 0 Å². The fourth-order valence-corrected chi connectivity index (χ4v) is 2.65. The van der Waals surface area contributed by atoms with Gasteiger partial charge in [-0.05, 0) is 44.0 Å². The Labute approximate surface area is 130 Å². The van der Waals surface area contributed by atoms with E-state index in [1.807, 2.05) is 24.0 Å². The fourth-order valence-electron chi connectivity index (χ4n) is 2.36. The van der Waals surface area contributed by atoms with Crippen molar-refractivity contribution in [3.63, 3.8) is 0 Å². The number of nitrogens with one attached hydrogen (secondary N) is 1. The van der Waals surface area contributed by atoms with E-state index in [2.05, 4.69) is 17.3 Å². The summed E-state index contributed by atoms with van der Waals surface area (Å²) in [5.41, 5.74) is 1.61. The molecule has 5 heteroatoms. The van der Waals surface area contributed by atoms with Crippen LogP contribution in [0.2, 0.25) is 5.02 Å². The predicted molar refractivity (Wildman–Crippen MR) is 84.0 cm³/mol. The SMILES string of the molecule is CCCNC(Cc1cnn(CC)c1)c1c(F)cccc1Cl. The van der Waals surface area contributed by atoms with E-state index in [4.69, 9.17) is 11.6 Å². The number of hydrogen-bond acceptors (Lipinski definition) is 2. The second kappa shape index (κ2) is 7.57. The van der Waals surface area contributed by atoms with Gasteiger partial charge < -0.3 is 5.32 Å². The smallest absolute Gasteiger partial charge is 0.129 e. The molecule has 114 valence electrons. The third-order valence-corrected chi connectivity index (χ3v) is 3.77. The van der Waals surface area contributed by atoms with Crippen molar-refractivity contribution < 1.29 is 4.39 Å². The average molecular weight is 310 g/mol. The van der Waals surface area contributed by atoms with Crippen LogP contribution in [0, 0.1) is 5.82 Å². The highest BCUT2D eigenvalue weighted by Crippen LogP contribution is 2.28. The van der Waals surface area contributed by atoms with E-state index in [0.29, 0.717) is 17.0 Å². The first-order chi connectivity index (χ1) is 10.2. The zero-order valence-corrected chi connectivity index (χ0v) is 13.2. The summed E-state index contributed by atoms with van der Waals surface area (Å²) in [7, 11) is 0. The van der Waals surface area contributed by atoms with Gasteiger partial charge in [-0.25, -0.2) is 4.39 Å². The van der Waals surface area contributed by atoms with E-state index >= 15 is 0 Å². The summed E-state index contributed by atoms with van der Waals surface area (Å²) in [5.74, 6) is -0.265. The van der Waals surface area contributed by atoms with Gasteiger partial charge in [0.25, 0.3) is 0 Å². The molecule has 0 aliphatic heterocycles. The largest absolute Gasteiger partial charge is 0.310 e. The van der Waals surface area contributed by atoms with Crippen LogP contribution < -0.4 is 5.32 Å². The van der Waals surface area contributed by atoms with Crippen molar-refractivity contribution in [1.29, 1.82) is 0 Å². The second-order valence-electron chi connectivity index (χ2n) is 5.05. The van der Waals surface area contributed by atoms with E-state index in [1.165, 1.54) is 6.07 Å². The molecule has 2 rings (SSSR count). The lowest BCUT2D eigenvalue weighted by atomic mass is 10.00. The Bertz CT molecular complexity index is 562. The molecule has 0 amide bonds. The minimum absolute atomic E-state index is 0.145. The number of nitrogens with zero attached hydrogens (tertiary/aromatic N) is 2. The Hall–Kier alpha value is -1.39. The highest BCUT2D eigenvalue weighted by Gasteiger charge is 2.19. The van der Waals surface area contributed by atoms with Gasteiger partial charge in [-0.1, -0.05) is 24.6 Å². The van der Waals surface area contributed by atoms with E-state index in [0.717, 1.165) is 25.1 Å². The Morgan fingerprint density at radius 2 is 2.19 bits per heavy atom. The van der Waals surface area contributed by atoms with Crippen LogP contribution in [0.1, 0.15) is 37.4 Å². The van der Waals surface area contributed by atoms with Crippen LogP contribution in [0.4, 0.5) is 4.39 Å². The van der Waals surface area contributed by atoms with Crippen molar-refractivity contribution in [1.82, 2.24) is 15.1 Å². The van der Waals surface area contributed by atoms with Crippen LogP contribution >= 0.6 is 11.6 Å². The zero-order chi connectivity index (χ0) is 15.2. The van der Waals surface area contributed by atoms with Gasteiger partial charge in [0.1, 0.15) is 5.82 Å². The molecule has 1 aromatic heterocycles. The average Bonchev–Trinajstić information content (AvgIpc) is 2.92. The molecule has 21 heavy (non-hydrogen) atoms. The van der Waals surface area contributed by atoms with Crippen molar-refractivity contribution in [2.75, 3.05) is 6.54 Å². The number of aryl methyl sites for hydroxylation is 1. The molecule has 0 fully saturated rings. The van der Waals surface area contributed by atoms with Gasteiger partial charge in [0.2, 0.25) is 0 Å². The molecule has 0 aliphatic rings. The summed E-state index contributed by atoms with van der Waals surface area (Å²) in [6.07, 6.45) is 5.48. The van der Waals surface area contributed by atoms with Gasteiger partial charge >= 0.3 is 0 Å². The maximum Gasteiger partial charge on any atom is 0.129 e. The highest BCUT2D eigenvalue weighted by atomic mass is 35.5. The Kier molecular flexibility index (Phi) is 5.76. The topological polar surface area (TPSA) is 29.9 Å². The van der Waals surface area contributed by atoms with Gasteiger partial charge in [-0.15, -0.1) is 0 Å². The molecule has 0 saturated carbocycles. The Balaban J connectivity index is 2.25. The van der Waals surface area contributed by atoms with Gasteiger partial charge in [0, 0.05) is 29.4 Å². The first-order valence-corrected chi connectivity index (χ1v) is 7.72. The molecular formula is C16H21ClFN3. The van der Waals surface area contributed by atoms with E-state index in [9.17, 15) is 4.39 Å². The zero-order valence-electron chi connectivity index (χ0n) is 12.4. The summed E-state index contributed by atoms with van der Waals surface area (Å²) in [6, 6.07) is 4.67. The minimum Gasteiger partial charge on any atom is -0.310 e. The van der Waals surface area contributed by atoms with Gasteiger partial charge in [0.15, 0.2) is 0 Å². The van der Waals surface area contributed by atoms with Gasteiger partial charge in [-0.3, -0.25) is 4.68 Å². The van der Waals surface area contributed by atoms with Crippen molar-refractivity contribution in [3.05, 3.63) is 52.6 Å². The first-order valence-electron chi connectivity index (χ1n) is 7.34. The van der Waals surface area contributed by atoms with Crippen LogP contribution in [-0.4, -0.2) is 16.3 Å². The lowest BCUT2D eigenvalue weighted by molar-refractivity contribution is 0.497. The monoisotopic (exact) mass is 309 g/mol. The number of halogens is 2. The number of hydrogen-bond donors (Lipinski definition) is 1. The van der Waals surface area contributed by atoms with E-state index in [1.54, 1.807) is 12.1 Å². The molecule has 0 radical (unpaired) electrons. The first kappa shape index (κ1) is 16.0. The molecule has 2 aromatic rings. The maximum atomic E-state index is 14.2. The number of rotatable bonds is 7. The van der Waals surface area contributed by atoms with Crippen molar-refractivity contribution in [2.45, 2.75) is 39.3 Å². The third kappa shape index (κ3) is 4.05. The number of aromatic nitrogens is 2. The second-order valence-corrected chi connectivity index (χ2v) is 5.46. The number of benzene rings is 1. The molecule has 3 nitrogen and oxygen atoms in total. The summed E-state index contributed by atoms with van der Waals surface area (Å²) in [6.45, 7) is 5.77. The summed E-state index contributed by atoms with van der Waals surface area (Å²) in [4.78, 5) is 0. The fraction of sp³-hybridized carbons (Fsp3) is 0.438. The lowest BCUT2D eigenvalue weighted by Gasteiger charge is -2.20. The van der Waals surface area contributed by atoms with Crippen molar-refractivity contribution >= 4 is 11.6 Å². The molecular weight excluding hydrogens is 289 g/mol. The van der Waals surface area contributed by atoms with Gasteiger partial charge in [0.05, 0.1) is 6.20 Å². The molecule has 1 unspecified atom stereocenters. The van der Waals surface area contributed by atoms with Crippen LogP contribution in [-0.2, 0) is 13.0 Å². The summed E-state index contributed by atoms with van der Waals surface area (Å²) >= 11 is 6.20. The van der Waals surface area contributed by atoms with Crippen LogP contribution in [0.25, 0.3) is 0 Å². The van der Waals surface area contributed by atoms with Crippen molar-refractivity contribution in [3.8, 4) is 0 Å². The maximum absolute atomic E-state index is 14.2. The molecule has 0 bridgehead atoms. The van der Waals surface area contributed by atoms with Crippen LogP contribution in [0.15, 0.2) is 30.6 Å². The highest BCUT2D eigenvalue weighted by molar-refractivity contribution is 6.31. The van der Waals surface area contributed by atoms with Crippen molar-refractivity contribution in [2.24, 2.45) is 0 Å². The molecule has 0 saturated heterocycles.